The molecule has 2 aromatic carbocycles. The van der Waals surface area contributed by atoms with E-state index in [4.69, 9.17) is 0 Å². The van der Waals surface area contributed by atoms with Crippen molar-refractivity contribution >= 4 is 23.4 Å². The summed E-state index contributed by atoms with van der Waals surface area (Å²) in [6, 6.07) is 15.4. The molecule has 6 nitrogen and oxygen atoms in total. The van der Waals surface area contributed by atoms with E-state index in [1.807, 2.05) is 60.8 Å². The molecule has 4 N–H and O–H groups in total. The minimum atomic E-state index is -1.08. The number of hydrogen-bond acceptors (Lipinski definition) is 3. The van der Waals surface area contributed by atoms with Crippen molar-refractivity contribution in [3.8, 4) is 0 Å². The lowest BCUT2D eigenvalue weighted by atomic mass is 9.76. The number of imide groups is 1. The van der Waals surface area contributed by atoms with Gasteiger partial charge in [-0.1, -0.05) is 48.5 Å². The van der Waals surface area contributed by atoms with E-state index in [-0.39, 0.29) is 23.8 Å². The van der Waals surface area contributed by atoms with Gasteiger partial charge in [-0.2, -0.15) is 0 Å². The molecule has 4 atom stereocenters. The Kier molecular flexibility index (Phi) is 3.30. The molecule has 0 aliphatic carbocycles. The number of quaternary nitrogens is 1. The fraction of sp³-hybridized carbons (Fsp3) is 0.286. The molecule has 27 heavy (non-hydrogen) atoms. The summed E-state index contributed by atoms with van der Waals surface area (Å²) < 4.78 is 0. The van der Waals surface area contributed by atoms with Crippen LogP contribution in [0, 0.1) is 18.8 Å². The van der Waals surface area contributed by atoms with Gasteiger partial charge >= 0.3 is 0 Å². The van der Waals surface area contributed by atoms with Gasteiger partial charge in [-0.3, -0.25) is 19.7 Å². The second-order valence-corrected chi connectivity index (χ2v) is 7.70. The number of carbonyl (C=O) groups excluding carboxylic acids is 3. The number of amides is 3. The van der Waals surface area contributed by atoms with Gasteiger partial charge < -0.3 is 10.6 Å². The number of benzene rings is 2. The summed E-state index contributed by atoms with van der Waals surface area (Å²) in [6.45, 7) is 1.94. The Labute approximate surface area is 156 Å². The molecule has 5 rings (SSSR count). The topological polar surface area (TPSA) is 91.9 Å². The third-order valence-electron chi connectivity index (χ3n) is 6.27. The fourth-order valence-electron chi connectivity index (χ4n) is 5.14. The Bertz CT molecular complexity index is 987. The molecule has 136 valence electrons. The Morgan fingerprint density at radius 3 is 2.52 bits per heavy atom. The Morgan fingerprint density at radius 1 is 0.963 bits per heavy atom. The maximum atomic E-state index is 13.2. The number of carbonyl (C=O) groups is 3. The molecule has 2 saturated heterocycles. The summed E-state index contributed by atoms with van der Waals surface area (Å²) in [6.07, 6.45) is 0.624. The van der Waals surface area contributed by atoms with Gasteiger partial charge in [0.25, 0.3) is 5.91 Å². The van der Waals surface area contributed by atoms with E-state index in [9.17, 15) is 14.4 Å². The summed E-state index contributed by atoms with van der Waals surface area (Å²) in [5, 5.41) is 7.41. The number of nitrogens with two attached hydrogens (primary N) is 1. The third kappa shape index (κ3) is 2.07. The molecule has 2 aromatic rings. The number of hydrogen-bond donors (Lipinski definition) is 3. The number of para-hydroxylation sites is 1. The van der Waals surface area contributed by atoms with Crippen LogP contribution in [0.2, 0.25) is 0 Å². The quantitative estimate of drug-likeness (QED) is 0.668. The van der Waals surface area contributed by atoms with Gasteiger partial charge in [0.15, 0.2) is 0 Å². The highest BCUT2D eigenvalue weighted by Gasteiger charge is 2.72. The third-order valence-corrected chi connectivity index (χ3v) is 6.27. The Hall–Kier alpha value is -2.99. The van der Waals surface area contributed by atoms with Crippen LogP contribution < -0.4 is 16.0 Å². The predicted octanol–water partition coefficient (Wildman–Crippen LogP) is 0.220. The number of fused-ring (bicyclic) bond motifs is 4. The van der Waals surface area contributed by atoms with Gasteiger partial charge in [0.05, 0.1) is 5.69 Å². The van der Waals surface area contributed by atoms with Crippen LogP contribution in [0.15, 0.2) is 48.5 Å². The zero-order valence-corrected chi connectivity index (χ0v) is 14.9. The first kappa shape index (κ1) is 16.2. The molecular weight excluding hydrogens is 342 g/mol. The monoisotopic (exact) mass is 362 g/mol. The van der Waals surface area contributed by atoms with Crippen LogP contribution in [0.1, 0.15) is 16.7 Å². The number of aryl methyl sites for hydroxylation is 1. The van der Waals surface area contributed by atoms with Crippen LogP contribution in [0.3, 0.4) is 0 Å². The van der Waals surface area contributed by atoms with E-state index in [1.165, 1.54) is 0 Å². The van der Waals surface area contributed by atoms with Crippen molar-refractivity contribution in [2.45, 2.75) is 24.9 Å². The maximum absolute atomic E-state index is 13.2. The molecule has 3 aliphatic heterocycles. The fourth-order valence-corrected chi connectivity index (χ4v) is 5.14. The number of anilines is 1. The normalized spacial score (nSPS) is 31.0. The predicted molar refractivity (Wildman–Crippen MR) is 97.5 cm³/mol. The summed E-state index contributed by atoms with van der Waals surface area (Å²) in [5.41, 5.74) is 2.54. The molecule has 0 bridgehead atoms. The highest BCUT2D eigenvalue weighted by molar-refractivity contribution is 6.14. The summed E-state index contributed by atoms with van der Waals surface area (Å²) in [5.74, 6) is -2.03. The summed E-state index contributed by atoms with van der Waals surface area (Å²) >= 11 is 0. The van der Waals surface area contributed by atoms with Gasteiger partial charge in [0.1, 0.15) is 17.9 Å². The van der Waals surface area contributed by atoms with Crippen molar-refractivity contribution in [2.75, 3.05) is 5.32 Å². The molecule has 6 heteroatoms. The minimum Gasteiger partial charge on any atom is -0.326 e. The summed E-state index contributed by atoms with van der Waals surface area (Å²) in [7, 11) is 0. The van der Waals surface area contributed by atoms with E-state index in [0.29, 0.717) is 6.42 Å². The van der Waals surface area contributed by atoms with Crippen LogP contribution in [-0.2, 0) is 26.3 Å². The molecular formula is C21H20N3O3+. The van der Waals surface area contributed by atoms with Crippen LogP contribution >= 0.6 is 0 Å². The molecule has 0 radical (unpaired) electrons. The van der Waals surface area contributed by atoms with E-state index in [0.717, 1.165) is 22.4 Å². The van der Waals surface area contributed by atoms with Crippen LogP contribution in [-0.4, -0.2) is 23.8 Å². The largest absolute Gasteiger partial charge is 0.326 e. The highest BCUT2D eigenvalue weighted by Crippen LogP contribution is 2.48. The van der Waals surface area contributed by atoms with Gasteiger partial charge in [-0.05, 0) is 18.1 Å². The SMILES string of the molecule is Cc1cccc2c1NC(=O)[C@@]21[NH2+][C@@H](Cc2ccccc2)[C@H]2C(=O)NC(=O)[C@H]21. The van der Waals surface area contributed by atoms with Crippen molar-refractivity contribution < 1.29 is 19.7 Å². The van der Waals surface area contributed by atoms with Crippen LogP contribution in [0.25, 0.3) is 0 Å². The average molecular weight is 362 g/mol. The van der Waals surface area contributed by atoms with E-state index in [2.05, 4.69) is 10.6 Å². The summed E-state index contributed by atoms with van der Waals surface area (Å²) in [4.78, 5) is 38.5. The lowest BCUT2D eigenvalue weighted by molar-refractivity contribution is -0.733. The Morgan fingerprint density at radius 2 is 1.74 bits per heavy atom. The second-order valence-electron chi connectivity index (χ2n) is 7.70. The van der Waals surface area contributed by atoms with Crippen molar-refractivity contribution in [1.29, 1.82) is 0 Å². The van der Waals surface area contributed by atoms with Crippen molar-refractivity contribution in [2.24, 2.45) is 11.8 Å². The van der Waals surface area contributed by atoms with Gasteiger partial charge in [0, 0.05) is 12.0 Å². The molecule has 0 unspecified atom stereocenters. The van der Waals surface area contributed by atoms with Gasteiger partial charge in [-0.15, -0.1) is 0 Å². The maximum Gasteiger partial charge on any atom is 0.291 e. The number of nitrogens with one attached hydrogen (secondary N) is 2. The zero-order chi connectivity index (χ0) is 18.8. The minimum absolute atomic E-state index is 0.180. The molecule has 3 amide bonds. The molecule has 0 aromatic heterocycles. The molecule has 2 fully saturated rings. The van der Waals surface area contributed by atoms with E-state index < -0.39 is 17.4 Å². The molecule has 0 saturated carbocycles. The first-order valence-electron chi connectivity index (χ1n) is 9.18. The lowest BCUT2D eigenvalue weighted by Crippen LogP contribution is -2.99. The standard InChI is InChI=1S/C21H19N3O3/c1-11-6-5-9-13-17(11)22-20(27)21(13)16-15(18(25)23-19(16)26)14(24-21)10-12-7-3-2-4-8-12/h2-9,14-16,24H,10H2,1H3,(H,22,27)(H,23,25,26)/p+1/t14-,15+,16-,21+/m0/s1. The average Bonchev–Trinajstić information content (AvgIpc) is 3.24. The van der Waals surface area contributed by atoms with Crippen molar-refractivity contribution in [3.63, 3.8) is 0 Å². The number of rotatable bonds is 2. The second kappa shape index (κ2) is 5.50. The first-order chi connectivity index (χ1) is 13.0. The van der Waals surface area contributed by atoms with Crippen LogP contribution in [0.5, 0.6) is 0 Å². The Balaban J connectivity index is 1.64. The first-order valence-corrected chi connectivity index (χ1v) is 9.18. The smallest absolute Gasteiger partial charge is 0.291 e. The lowest BCUT2D eigenvalue weighted by Gasteiger charge is -2.24. The van der Waals surface area contributed by atoms with Crippen LogP contribution in [0.4, 0.5) is 5.69 Å². The zero-order valence-electron chi connectivity index (χ0n) is 14.9. The van der Waals surface area contributed by atoms with Gasteiger partial charge in [0.2, 0.25) is 17.4 Å². The molecule has 3 heterocycles. The van der Waals surface area contributed by atoms with E-state index in [1.54, 1.807) is 0 Å². The van der Waals surface area contributed by atoms with Crippen molar-refractivity contribution in [1.82, 2.24) is 5.32 Å². The highest BCUT2D eigenvalue weighted by atomic mass is 16.2. The van der Waals surface area contributed by atoms with E-state index >= 15 is 0 Å². The van der Waals surface area contributed by atoms with Gasteiger partial charge in [-0.25, -0.2) is 0 Å². The molecule has 3 aliphatic rings. The van der Waals surface area contributed by atoms with Crippen molar-refractivity contribution in [3.05, 3.63) is 65.2 Å². The molecule has 1 spiro atoms.